The summed E-state index contributed by atoms with van der Waals surface area (Å²) in [6.45, 7) is 0. The Morgan fingerprint density at radius 1 is 0.515 bits per heavy atom. The maximum Gasteiger partial charge on any atom is 2.00 e. The maximum atomic E-state index is 11.0. The summed E-state index contributed by atoms with van der Waals surface area (Å²) < 4.78 is 51.4. The van der Waals surface area contributed by atoms with Gasteiger partial charge in [0, 0.05) is 0 Å². The molecule has 33 heavy (non-hydrogen) atoms. The first-order valence-electron chi connectivity index (χ1n) is 7.69. The zero-order valence-electron chi connectivity index (χ0n) is 16.4. The van der Waals surface area contributed by atoms with Gasteiger partial charge < -0.3 is 47.5 Å². The van der Waals surface area contributed by atoms with E-state index in [1.54, 1.807) is 12.1 Å². The Morgan fingerprint density at radius 2 is 0.758 bits per heavy atom. The van der Waals surface area contributed by atoms with Crippen LogP contribution in [0.5, 0.6) is 11.5 Å². The van der Waals surface area contributed by atoms with Crippen LogP contribution in [-0.4, -0.2) is 83.5 Å². The molecular formula is C14H14O12P4Sn3. The molecule has 0 aromatic heterocycles. The molecule has 0 spiro atoms. The molecule has 0 amide bonds. The number of benzene rings is 2. The molecule has 12 nitrogen and oxygen atoms in total. The van der Waals surface area contributed by atoms with Crippen molar-refractivity contribution in [2.75, 3.05) is 11.8 Å². The van der Waals surface area contributed by atoms with Gasteiger partial charge in [-0.3, -0.25) is 9.13 Å². The Kier molecular flexibility index (Phi) is 19.7. The second-order valence-electron chi connectivity index (χ2n) is 5.54. The predicted molar refractivity (Wildman–Crippen MR) is 112 cm³/mol. The Morgan fingerprint density at radius 3 is 0.970 bits per heavy atom. The quantitative estimate of drug-likeness (QED) is 0.205. The van der Waals surface area contributed by atoms with E-state index < -0.39 is 42.2 Å². The molecule has 2 rings (SSSR count). The van der Waals surface area contributed by atoms with Crippen molar-refractivity contribution in [1.29, 1.82) is 0 Å². The molecule has 2 atom stereocenters. The molecule has 0 saturated heterocycles. The Bertz CT molecular complexity index is 918. The third kappa shape index (κ3) is 21.0. The van der Waals surface area contributed by atoms with E-state index in [1.807, 2.05) is 0 Å². The van der Waals surface area contributed by atoms with Crippen molar-refractivity contribution in [3.8, 4) is 11.5 Å². The van der Waals surface area contributed by atoms with Gasteiger partial charge in [0.05, 0.1) is 11.8 Å². The molecule has 0 aliphatic heterocycles. The summed E-state index contributed by atoms with van der Waals surface area (Å²) in [6.07, 6.45) is 0. The van der Waals surface area contributed by atoms with Gasteiger partial charge in [0.1, 0.15) is 11.5 Å². The van der Waals surface area contributed by atoms with Gasteiger partial charge in [0.2, 0.25) is 0 Å². The summed E-state index contributed by atoms with van der Waals surface area (Å²) in [5, 5.41) is 0. The van der Waals surface area contributed by atoms with Gasteiger partial charge in [-0.1, -0.05) is 51.6 Å². The molecule has 0 bridgehead atoms. The van der Waals surface area contributed by atoms with Crippen LogP contribution in [0.15, 0.2) is 60.7 Å². The normalized spacial score (nSPS) is 14.2. The number of hydrogen-bond donors (Lipinski definition) is 0. The third-order valence-electron chi connectivity index (χ3n) is 2.67. The van der Waals surface area contributed by atoms with E-state index in [9.17, 15) is 47.6 Å². The molecule has 6 radical (unpaired) electrons. The van der Waals surface area contributed by atoms with Gasteiger partial charge in [-0.05, 0) is 24.3 Å². The first-order chi connectivity index (χ1) is 13.6. The zero-order valence-corrected chi connectivity index (χ0v) is 28.5. The van der Waals surface area contributed by atoms with Crippen LogP contribution in [0.4, 0.5) is 0 Å². The molecule has 0 saturated carbocycles. The minimum Gasteiger partial charge on any atom is -0.810 e. The van der Waals surface area contributed by atoms with Crippen molar-refractivity contribution < 1.29 is 56.7 Å². The topological polar surface area (TPSA) is 225 Å². The summed E-state index contributed by atoms with van der Waals surface area (Å²) in [7, 11) is -19.6. The van der Waals surface area contributed by atoms with Crippen LogP contribution in [-0.2, 0) is 18.3 Å². The van der Waals surface area contributed by atoms with E-state index in [0.29, 0.717) is 0 Å². The second-order valence-corrected chi connectivity index (χ2v) is 13.1. The van der Waals surface area contributed by atoms with Crippen molar-refractivity contribution in [2.24, 2.45) is 0 Å². The van der Waals surface area contributed by atoms with E-state index in [4.69, 9.17) is 0 Å². The van der Waals surface area contributed by atoms with Gasteiger partial charge in [-0.15, -0.1) is 0 Å². The van der Waals surface area contributed by atoms with Crippen LogP contribution < -0.4 is 38.4 Å². The Labute approximate surface area is 240 Å². The molecular weight excluding hydrogens is 840 g/mol. The molecule has 0 heterocycles. The molecule has 0 aliphatic carbocycles. The summed E-state index contributed by atoms with van der Waals surface area (Å²) in [5.41, 5.74) is 0. The molecule has 2 aromatic rings. The molecule has 174 valence electrons. The summed E-state index contributed by atoms with van der Waals surface area (Å²) in [5.74, 6) is -3.09. The first kappa shape index (κ1) is 38.6. The van der Waals surface area contributed by atoms with Crippen molar-refractivity contribution >= 4 is 102 Å². The molecule has 0 aliphatic rings. The molecule has 0 fully saturated rings. The van der Waals surface area contributed by atoms with E-state index in [-0.39, 0.29) is 83.2 Å². The fourth-order valence-electron chi connectivity index (χ4n) is 1.77. The van der Waals surface area contributed by atoms with Gasteiger partial charge in [-0.25, -0.2) is 0 Å². The van der Waals surface area contributed by atoms with Crippen LogP contribution in [0, 0.1) is 0 Å². The average molecular weight is 854 g/mol. The van der Waals surface area contributed by atoms with Crippen LogP contribution in [0.2, 0.25) is 0 Å². The van der Waals surface area contributed by atoms with Crippen LogP contribution in [0.3, 0.4) is 0 Å². The molecule has 2 aromatic carbocycles. The van der Waals surface area contributed by atoms with Gasteiger partial charge in [0.25, 0.3) is 0 Å². The SMILES string of the molecule is O=P([O-])([O-])CP(=O)([O-])Oc1ccccc1.O=P([O-])([O-])CP(=O)([O-])Oc1ccccc1.[Sn+2].[Sn+2].[Sn+2]. The van der Waals surface area contributed by atoms with Crippen molar-refractivity contribution in [1.82, 2.24) is 0 Å². The first-order valence-corrected chi connectivity index (χ1v) is 14.6. The van der Waals surface area contributed by atoms with Gasteiger partial charge in [-0.2, -0.15) is 0 Å². The standard InChI is InChI=1S/2C7H10O6P2.3Sn/c2*8-14(9,10)6-15(11,12)13-7-4-2-1-3-5-7;;;/h2*1-5H,6H2,(H,11,12)(H2,8,9,10);;;/q;;3*+2/p-6. The third-order valence-corrected chi connectivity index (χ3v) is 9.19. The van der Waals surface area contributed by atoms with E-state index in [0.717, 1.165) is 0 Å². The van der Waals surface area contributed by atoms with Crippen molar-refractivity contribution in [3.63, 3.8) is 0 Å². The van der Waals surface area contributed by atoms with Gasteiger partial charge >= 0.3 is 71.7 Å². The van der Waals surface area contributed by atoms with Crippen LogP contribution in [0.1, 0.15) is 0 Å². The molecule has 0 N–H and O–H groups in total. The number of para-hydroxylation sites is 2. The number of rotatable bonds is 8. The monoisotopic (exact) mass is 858 g/mol. The number of hydrogen-bond acceptors (Lipinski definition) is 12. The van der Waals surface area contributed by atoms with Crippen molar-refractivity contribution in [3.05, 3.63) is 60.7 Å². The van der Waals surface area contributed by atoms with Gasteiger partial charge in [0.15, 0.2) is 15.2 Å². The fourth-order valence-corrected chi connectivity index (χ4v) is 6.51. The maximum absolute atomic E-state index is 11.0. The molecule has 19 heteroatoms. The van der Waals surface area contributed by atoms with E-state index >= 15 is 0 Å². The van der Waals surface area contributed by atoms with Crippen LogP contribution >= 0.6 is 30.4 Å². The summed E-state index contributed by atoms with van der Waals surface area (Å²) in [4.78, 5) is 63.1. The summed E-state index contributed by atoms with van der Waals surface area (Å²) >= 11 is 0. The smallest absolute Gasteiger partial charge is 0.810 e. The largest absolute Gasteiger partial charge is 2.00 e. The zero-order chi connectivity index (χ0) is 23.1. The Balaban J connectivity index is -0.000000500. The van der Waals surface area contributed by atoms with E-state index in [2.05, 4.69) is 9.05 Å². The Hall–Kier alpha value is 1.12. The van der Waals surface area contributed by atoms with E-state index in [1.165, 1.54) is 48.5 Å². The average Bonchev–Trinajstić information content (AvgIpc) is 2.51. The minimum absolute atomic E-state index is 0. The van der Waals surface area contributed by atoms with Crippen molar-refractivity contribution in [2.45, 2.75) is 0 Å². The molecule has 2 unspecified atom stereocenters. The fraction of sp³-hybridized carbons (Fsp3) is 0.143. The van der Waals surface area contributed by atoms with Crippen LogP contribution in [0.25, 0.3) is 0 Å². The minimum atomic E-state index is -5.12. The predicted octanol–water partition coefficient (Wildman–Crippen LogP) is -2.16. The summed E-state index contributed by atoms with van der Waals surface area (Å²) in [6, 6.07) is 14.7. The second kappa shape index (κ2) is 16.8.